The summed E-state index contributed by atoms with van der Waals surface area (Å²) in [6.45, 7) is 8.45. The SMILES string of the molecule is COc1cc(C)c(C(C)NC(=O)CCc2c(C)nn(CCC#N)c2C)cc1OC. The molecular weight excluding hydrogens is 368 g/mol. The van der Waals surface area contributed by atoms with Gasteiger partial charge in [-0.05, 0) is 62.9 Å². The molecule has 0 saturated heterocycles. The fraction of sp³-hybridized carbons (Fsp3) is 0.500. The van der Waals surface area contributed by atoms with Crippen LogP contribution >= 0.6 is 0 Å². The van der Waals surface area contributed by atoms with Gasteiger partial charge in [-0.15, -0.1) is 0 Å². The van der Waals surface area contributed by atoms with Crippen molar-refractivity contribution in [3.05, 3.63) is 40.2 Å². The highest BCUT2D eigenvalue weighted by Gasteiger charge is 2.17. The summed E-state index contributed by atoms with van der Waals surface area (Å²) in [6, 6.07) is 5.81. The molecular formula is C22H30N4O3. The third kappa shape index (κ3) is 5.29. The lowest BCUT2D eigenvalue weighted by molar-refractivity contribution is -0.121. The van der Waals surface area contributed by atoms with Gasteiger partial charge in [0.25, 0.3) is 0 Å². The van der Waals surface area contributed by atoms with Gasteiger partial charge in [0.2, 0.25) is 5.91 Å². The molecule has 0 aliphatic rings. The Kier molecular flexibility index (Phi) is 7.66. The van der Waals surface area contributed by atoms with Crippen molar-refractivity contribution in [2.24, 2.45) is 0 Å². The first-order valence-corrected chi connectivity index (χ1v) is 9.74. The number of aromatic nitrogens is 2. The van der Waals surface area contributed by atoms with Crippen LogP contribution in [-0.4, -0.2) is 29.9 Å². The summed E-state index contributed by atoms with van der Waals surface area (Å²) in [7, 11) is 3.20. The first kappa shape index (κ1) is 22.3. The Morgan fingerprint density at radius 3 is 2.52 bits per heavy atom. The standard InChI is InChI=1S/C22H30N4O3/c1-14-12-20(28-5)21(29-6)13-19(14)15(2)24-22(27)9-8-18-16(3)25-26(17(18)4)11-7-10-23/h12-13,15H,7-9,11H2,1-6H3,(H,24,27). The lowest BCUT2D eigenvalue weighted by Gasteiger charge is -2.19. The topological polar surface area (TPSA) is 89.2 Å². The van der Waals surface area contributed by atoms with Crippen LogP contribution in [0.3, 0.4) is 0 Å². The molecule has 1 aromatic heterocycles. The Labute approximate surface area is 172 Å². The molecule has 7 heteroatoms. The lowest BCUT2D eigenvalue weighted by Crippen LogP contribution is -2.27. The smallest absolute Gasteiger partial charge is 0.220 e. The minimum atomic E-state index is -0.150. The van der Waals surface area contributed by atoms with Gasteiger partial charge in [0.05, 0.1) is 45.0 Å². The van der Waals surface area contributed by atoms with Crippen LogP contribution < -0.4 is 14.8 Å². The van der Waals surface area contributed by atoms with Crippen LogP contribution in [0.15, 0.2) is 12.1 Å². The maximum Gasteiger partial charge on any atom is 0.220 e. The molecule has 1 N–H and O–H groups in total. The fourth-order valence-electron chi connectivity index (χ4n) is 3.56. The number of nitrogens with zero attached hydrogens (tertiary/aromatic N) is 3. The van der Waals surface area contributed by atoms with E-state index in [1.54, 1.807) is 14.2 Å². The predicted molar refractivity (Wildman–Crippen MR) is 111 cm³/mol. The van der Waals surface area contributed by atoms with E-state index in [0.717, 1.165) is 28.1 Å². The van der Waals surface area contributed by atoms with E-state index in [-0.39, 0.29) is 11.9 Å². The van der Waals surface area contributed by atoms with Crippen LogP contribution in [0.5, 0.6) is 11.5 Å². The molecule has 156 valence electrons. The molecule has 2 rings (SSSR count). The van der Waals surface area contributed by atoms with Gasteiger partial charge in [0.1, 0.15) is 0 Å². The Hall–Kier alpha value is -3.01. The fourth-order valence-corrected chi connectivity index (χ4v) is 3.56. The molecule has 0 fully saturated rings. The lowest BCUT2D eigenvalue weighted by atomic mass is 10.0. The van der Waals surface area contributed by atoms with Gasteiger partial charge in [0, 0.05) is 12.1 Å². The van der Waals surface area contributed by atoms with E-state index in [4.69, 9.17) is 14.7 Å². The molecule has 0 aliphatic heterocycles. The summed E-state index contributed by atoms with van der Waals surface area (Å²) in [4.78, 5) is 12.6. The maximum atomic E-state index is 12.6. The summed E-state index contributed by atoms with van der Waals surface area (Å²) >= 11 is 0. The summed E-state index contributed by atoms with van der Waals surface area (Å²) < 4.78 is 12.6. The number of methoxy groups -OCH3 is 2. The van der Waals surface area contributed by atoms with Gasteiger partial charge in [-0.1, -0.05) is 0 Å². The van der Waals surface area contributed by atoms with Gasteiger partial charge in [0.15, 0.2) is 11.5 Å². The number of hydrogen-bond donors (Lipinski definition) is 1. The molecule has 1 amide bonds. The molecule has 0 spiro atoms. The second-order valence-electron chi connectivity index (χ2n) is 7.13. The Bertz CT molecular complexity index is 912. The number of carbonyl (C=O) groups excluding carboxylic acids is 1. The zero-order valence-corrected chi connectivity index (χ0v) is 18.1. The first-order chi connectivity index (χ1) is 13.8. The molecule has 2 aromatic rings. The van der Waals surface area contributed by atoms with E-state index in [2.05, 4.69) is 16.5 Å². The Morgan fingerprint density at radius 2 is 1.90 bits per heavy atom. The first-order valence-electron chi connectivity index (χ1n) is 9.74. The molecule has 1 aromatic carbocycles. The van der Waals surface area contributed by atoms with Crippen molar-refractivity contribution in [3.8, 4) is 17.6 Å². The van der Waals surface area contributed by atoms with E-state index in [9.17, 15) is 4.79 Å². The summed E-state index contributed by atoms with van der Waals surface area (Å²) in [5.74, 6) is 1.30. The van der Waals surface area contributed by atoms with Gasteiger partial charge in [-0.2, -0.15) is 10.4 Å². The highest BCUT2D eigenvalue weighted by molar-refractivity contribution is 5.77. The van der Waals surface area contributed by atoms with E-state index in [0.29, 0.717) is 37.3 Å². The van der Waals surface area contributed by atoms with Crippen LogP contribution in [0.2, 0.25) is 0 Å². The molecule has 0 bridgehead atoms. The third-order valence-electron chi connectivity index (χ3n) is 5.19. The number of hydrogen-bond acceptors (Lipinski definition) is 5. The average Bonchev–Trinajstić information content (AvgIpc) is 2.97. The molecule has 29 heavy (non-hydrogen) atoms. The molecule has 1 atom stereocenters. The van der Waals surface area contributed by atoms with E-state index in [1.165, 1.54) is 0 Å². The van der Waals surface area contributed by atoms with Gasteiger partial charge in [-0.3, -0.25) is 9.48 Å². The molecule has 1 unspecified atom stereocenters. The predicted octanol–water partition coefficient (Wildman–Crippen LogP) is 3.55. The molecule has 7 nitrogen and oxygen atoms in total. The van der Waals surface area contributed by atoms with Crippen LogP contribution in [0.4, 0.5) is 0 Å². The average molecular weight is 399 g/mol. The molecule has 0 aliphatic carbocycles. The Balaban J connectivity index is 2.03. The highest BCUT2D eigenvalue weighted by atomic mass is 16.5. The van der Waals surface area contributed by atoms with E-state index >= 15 is 0 Å². The second kappa shape index (κ2) is 9.97. The number of amides is 1. The van der Waals surface area contributed by atoms with Crippen molar-refractivity contribution in [2.75, 3.05) is 14.2 Å². The largest absolute Gasteiger partial charge is 0.493 e. The number of nitriles is 1. The summed E-state index contributed by atoms with van der Waals surface area (Å²) in [6.07, 6.45) is 1.42. The van der Waals surface area contributed by atoms with Crippen molar-refractivity contribution >= 4 is 5.91 Å². The summed E-state index contributed by atoms with van der Waals surface area (Å²) in [5.41, 5.74) is 5.04. The van der Waals surface area contributed by atoms with Crippen molar-refractivity contribution < 1.29 is 14.3 Å². The third-order valence-corrected chi connectivity index (χ3v) is 5.19. The minimum absolute atomic E-state index is 0.0183. The molecule has 0 radical (unpaired) electrons. The van der Waals surface area contributed by atoms with Crippen molar-refractivity contribution in [3.63, 3.8) is 0 Å². The van der Waals surface area contributed by atoms with Crippen LogP contribution in [0, 0.1) is 32.1 Å². The number of ether oxygens (including phenoxy) is 2. The van der Waals surface area contributed by atoms with Gasteiger partial charge >= 0.3 is 0 Å². The zero-order chi connectivity index (χ0) is 21.6. The van der Waals surface area contributed by atoms with Crippen molar-refractivity contribution in [1.29, 1.82) is 5.26 Å². The Morgan fingerprint density at radius 1 is 1.24 bits per heavy atom. The molecule has 1 heterocycles. The monoisotopic (exact) mass is 398 g/mol. The number of carbonyl (C=O) groups is 1. The quantitative estimate of drug-likeness (QED) is 0.698. The van der Waals surface area contributed by atoms with Crippen molar-refractivity contribution in [2.45, 2.75) is 59.5 Å². The normalized spacial score (nSPS) is 11.6. The van der Waals surface area contributed by atoms with E-state index in [1.807, 2.05) is 44.5 Å². The number of benzene rings is 1. The van der Waals surface area contributed by atoms with Gasteiger partial charge < -0.3 is 14.8 Å². The number of nitrogens with one attached hydrogen (secondary N) is 1. The van der Waals surface area contributed by atoms with Crippen LogP contribution in [0.25, 0.3) is 0 Å². The zero-order valence-electron chi connectivity index (χ0n) is 18.1. The van der Waals surface area contributed by atoms with E-state index < -0.39 is 0 Å². The van der Waals surface area contributed by atoms with Crippen LogP contribution in [-0.2, 0) is 17.8 Å². The number of rotatable bonds is 9. The van der Waals surface area contributed by atoms with Crippen LogP contribution in [0.1, 0.15) is 53.9 Å². The number of aryl methyl sites for hydroxylation is 3. The summed E-state index contributed by atoms with van der Waals surface area (Å²) in [5, 5.41) is 16.3. The maximum absolute atomic E-state index is 12.6. The van der Waals surface area contributed by atoms with Gasteiger partial charge in [-0.25, -0.2) is 0 Å². The molecule has 0 saturated carbocycles. The highest BCUT2D eigenvalue weighted by Crippen LogP contribution is 2.32. The second-order valence-corrected chi connectivity index (χ2v) is 7.13. The minimum Gasteiger partial charge on any atom is -0.493 e. The van der Waals surface area contributed by atoms with Crippen molar-refractivity contribution in [1.82, 2.24) is 15.1 Å².